The Morgan fingerprint density at radius 1 is 1.25 bits per heavy atom. The molecule has 0 unspecified atom stereocenters. The molecule has 1 aliphatic rings. The number of nitrogens with zero attached hydrogens (tertiary/aromatic N) is 2. The molecule has 0 saturated carbocycles. The average Bonchev–Trinajstić information content (AvgIpc) is 2.99. The molecule has 0 spiro atoms. The topological polar surface area (TPSA) is 61.9 Å². The fourth-order valence-electron chi connectivity index (χ4n) is 2.45. The second-order valence-electron chi connectivity index (χ2n) is 6.92. The van der Waals surface area contributed by atoms with E-state index in [9.17, 15) is 9.59 Å². The minimum Gasteiger partial charge on any atom is -0.444 e. The van der Waals surface area contributed by atoms with Crippen LogP contribution in [0.3, 0.4) is 0 Å². The van der Waals surface area contributed by atoms with Crippen LogP contribution in [-0.4, -0.2) is 66.7 Å². The molecule has 0 aliphatic carbocycles. The molecule has 0 radical (unpaired) electrons. The van der Waals surface area contributed by atoms with E-state index in [2.05, 4.69) is 16.3 Å². The molecule has 2 rings (SSSR count). The first-order chi connectivity index (χ1) is 11.3. The normalized spacial score (nSPS) is 16.0. The quantitative estimate of drug-likeness (QED) is 0.879. The Kier molecular flexibility index (Phi) is 6.62. The first-order valence-electron chi connectivity index (χ1n) is 8.33. The minimum absolute atomic E-state index is 0.0391. The molecule has 7 heteroatoms. The van der Waals surface area contributed by atoms with Gasteiger partial charge in [-0.15, -0.1) is 11.3 Å². The summed E-state index contributed by atoms with van der Waals surface area (Å²) in [4.78, 5) is 29.0. The van der Waals surface area contributed by atoms with E-state index in [1.54, 1.807) is 16.2 Å². The number of thiophene rings is 1. The molecule has 0 atom stereocenters. The van der Waals surface area contributed by atoms with E-state index >= 15 is 0 Å². The summed E-state index contributed by atoms with van der Waals surface area (Å²) in [7, 11) is 0. The van der Waals surface area contributed by atoms with E-state index < -0.39 is 5.60 Å². The highest BCUT2D eigenvalue weighted by Gasteiger charge is 2.26. The van der Waals surface area contributed by atoms with Crippen LogP contribution in [0, 0.1) is 0 Å². The zero-order valence-electron chi connectivity index (χ0n) is 14.7. The Morgan fingerprint density at radius 2 is 1.96 bits per heavy atom. The fourth-order valence-corrected chi connectivity index (χ4v) is 3.16. The number of nitrogens with one attached hydrogen (secondary N) is 1. The van der Waals surface area contributed by atoms with Gasteiger partial charge in [-0.05, 0) is 38.6 Å². The molecule has 1 fully saturated rings. The zero-order valence-corrected chi connectivity index (χ0v) is 15.5. The lowest BCUT2D eigenvalue weighted by Gasteiger charge is -2.35. The van der Waals surface area contributed by atoms with Gasteiger partial charge in [0.15, 0.2) is 0 Å². The van der Waals surface area contributed by atoms with Gasteiger partial charge in [-0.3, -0.25) is 9.69 Å². The maximum absolute atomic E-state index is 12.0. The summed E-state index contributed by atoms with van der Waals surface area (Å²) in [6.45, 7) is 9.21. The number of hydrogen-bond acceptors (Lipinski definition) is 5. The van der Waals surface area contributed by atoms with Crippen LogP contribution in [0.25, 0.3) is 0 Å². The zero-order chi connectivity index (χ0) is 17.6. The van der Waals surface area contributed by atoms with Crippen molar-refractivity contribution >= 4 is 23.3 Å². The summed E-state index contributed by atoms with van der Waals surface area (Å²) in [5.74, 6) is 0.0391. The van der Waals surface area contributed by atoms with Gasteiger partial charge in [0.1, 0.15) is 5.60 Å². The maximum atomic E-state index is 12.0. The fraction of sp³-hybridized carbons (Fsp3) is 0.647. The van der Waals surface area contributed by atoms with Crippen molar-refractivity contribution in [2.75, 3.05) is 39.3 Å². The molecule has 2 heterocycles. The van der Waals surface area contributed by atoms with Crippen molar-refractivity contribution < 1.29 is 14.3 Å². The smallest absolute Gasteiger partial charge is 0.410 e. The number of hydrogen-bond donors (Lipinski definition) is 1. The van der Waals surface area contributed by atoms with Crippen LogP contribution in [-0.2, 0) is 16.0 Å². The first-order valence-corrected chi connectivity index (χ1v) is 9.21. The second kappa shape index (κ2) is 8.48. The van der Waals surface area contributed by atoms with Gasteiger partial charge >= 0.3 is 6.09 Å². The highest BCUT2D eigenvalue weighted by atomic mass is 32.1. The van der Waals surface area contributed by atoms with Crippen LogP contribution < -0.4 is 5.32 Å². The Hall–Kier alpha value is -1.60. The van der Waals surface area contributed by atoms with Gasteiger partial charge in [-0.25, -0.2) is 4.79 Å². The number of rotatable bonds is 5. The SMILES string of the molecule is CC(C)(C)OC(=O)N1CCN(CC(=O)NCCc2cccs2)CC1. The Morgan fingerprint density at radius 3 is 2.54 bits per heavy atom. The number of carbonyl (C=O) groups excluding carboxylic acids is 2. The average molecular weight is 353 g/mol. The van der Waals surface area contributed by atoms with Crippen molar-refractivity contribution in [3.05, 3.63) is 22.4 Å². The van der Waals surface area contributed by atoms with E-state index in [1.165, 1.54) is 4.88 Å². The van der Waals surface area contributed by atoms with Crippen LogP contribution in [0.1, 0.15) is 25.6 Å². The van der Waals surface area contributed by atoms with Crippen LogP contribution in [0.5, 0.6) is 0 Å². The lowest BCUT2D eigenvalue weighted by molar-refractivity contribution is -0.122. The van der Waals surface area contributed by atoms with E-state index in [0.29, 0.717) is 39.3 Å². The van der Waals surface area contributed by atoms with Gasteiger partial charge < -0.3 is 15.0 Å². The molecule has 0 bridgehead atoms. The number of ether oxygens (including phenoxy) is 1. The van der Waals surface area contributed by atoms with E-state index in [1.807, 2.05) is 32.2 Å². The van der Waals surface area contributed by atoms with Gasteiger partial charge in [-0.2, -0.15) is 0 Å². The molecular weight excluding hydrogens is 326 g/mol. The van der Waals surface area contributed by atoms with Crippen molar-refractivity contribution in [2.45, 2.75) is 32.8 Å². The molecule has 1 saturated heterocycles. The summed E-state index contributed by atoms with van der Waals surface area (Å²) in [6, 6.07) is 4.10. The second-order valence-corrected chi connectivity index (χ2v) is 7.96. The molecule has 1 aliphatic heterocycles. The van der Waals surface area contributed by atoms with Crippen molar-refractivity contribution in [3.63, 3.8) is 0 Å². The van der Waals surface area contributed by atoms with Gasteiger partial charge in [0.2, 0.25) is 5.91 Å². The monoisotopic (exact) mass is 353 g/mol. The summed E-state index contributed by atoms with van der Waals surface area (Å²) >= 11 is 1.71. The maximum Gasteiger partial charge on any atom is 0.410 e. The largest absolute Gasteiger partial charge is 0.444 e. The molecule has 2 amide bonds. The number of carbonyl (C=O) groups is 2. The van der Waals surface area contributed by atoms with Crippen LogP contribution in [0.15, 0.2) is 17.5 Å². The third-order valence-electron chi connectivity index (χ3n) is 3.66. The molecule has 24 heavy (non-hydrogen) atoms. The molecule has 1 aromatic rings. The van der Waals surface area contributed by atoms with Crippen LogP contribution in [0.4, 0.5) is 4.79 Å². The van der Waals surface area contributed by atoms with Crippen molar-refractivity contribution in [2.24, 2.45) is 0 Å². The molecule has 134 valence electrons. The highest BCUT2D eigenvalue weighted by molar-refractivity contribution is 7.09. The number of piperazine rings is 1. The van der Waals surface area contributed by atoms with Gasteiger partial charge in [0, 0.05) is 37.6 Å². The van der Waals surface area contributed by atoms with E-state index in [4.69, 9.17) is 4.74 Å². The predicted octanol–water partition coefficient (Wildman–Crippen LogP) is 1.96. The van der Waals surface area contributed by atoms with Crippen LogP contribution in [0.2, 0.25) is 0 Å². The minimum atomic E-state index is -0.476. The Bertz CT molecular complexity index is 532. The highest BCUT2D eigenvalue weighted by Crippen LogP contribution is 2.12. The Labute approximate surface area is 147 Å². The van der Waals surface area contributed by atoms with Crippen molar-refractivity contribution in [3.8, 4) is 0 Å². The third-order valence-corrected chi connectivity index (χ3v) is 4.60. The van der Waals surface area contributed by atoms with Crippen LogP contribution >= 0.6 is 11.3 Å². The summed E-state index contributed by atoms with van der Waals surface area (Å²) in [6.07, 6.45) is 0.595. The third kappa shape index (κ3) is 6.49. The molecule has 0 aromatic carbocycles. The summed E-state index contributed by atoms with van der Waals surface area (Å²) in [5.41, 5.74) is -0.476. The summed E-state index contributed by atoms with van der Waals surface area (Å²) < 4.78 is 5.37. The molecule has 1 aromatic heterocycles. The van der Waals surface area contributed by atoms with Gasteiger partial charge in [0.05, 0.1) is 6.54 Å². The lowest BCUT2D eigenvalue weighted by Crippen LogP contribution is -2.52. The standard InChI is InChI=1S/C17H27N3O3S/c1-17(2,3)23-16(22)20-10-8-19(9-11-20)13-15(21)18-7-6-14-5-4-12-24-14/h4-5,12H,6-11,13H2,1-3H3,(H,18,21). The molecular formula is C17H27N3O3S. The van der Waals surface area contributed by atoms with Gasteiger partial charge in [-0.1, -0.05) is 6.07 Å². The lowest BCUT2D eigenvalue weighted by atomic mass is 10.2. The van der Waals surface area contributed by atoms with E-state index in [0.717, 1.165) is 6.42 Å². The van der Waals surface area contributed by atoms with E-state index in [-0.39, 0.29) is 12.0 Å². The summed E-state index contributed by atoms with van der Waals surface area (Å²) in [5, 5.41) is 5.00. The van der Waals surface area contributed by atoms with Crippen molar-refractivity contribution in [1.82, 2.24) is 15.1 Å². The Balaban J connectivity index is 1.63. The predicted molar refractivity (Wildman–Crippen MR) is 95.3 cm³/mol. The van der Waals surface area contributed by atoms with Gasteiger partial charge in [0.25, 0.3) is 0 Å². The molecule has 6 nitrogen and oxygen atoms in total. The van der Waals surface area contributed by atoms with Crippen molar-refractivity contribution in [1.29, 1.82) is 0 Å². The first kappa shape index (κ1) is 18.7. The number of amides is 2. The molecule has 1 N–H and O–H groups in total.